The number of furan rings is 1. The van der Waals surface area contributed by atoms with Gasteiger partial charge in [-0.15, -0.1) is 0 Å². The Balaban J connectivity index is 1.59. The van der Waals surface area contributed by atoms with Crippen LogP contribution in [0.15, 0.2) is 71.3 Å². The molecule has 0 spiro atoms. The zero-order chi connectivity index (χ0) is 17.1. The third kappa shape index (κ3) is 1.88. The van der Waals surface area contributed by atoms with Gasteiger partial charge in [-0.1, -0.05) is 36.4 Å². The van der Waals surface area contributed by atoms with E-state index >= 15 is 0 Å². The first-order valence-corrected chi connectivity index (χ1v) is 9.14. The Hall–Kier alpha value is -2.98. The molecule has 0 fully saturated rings. The molecule has 4 heterocycles. The van der Waals surface area contributed by atoms with Gasteiger partial charge in [0.05, 0.1) is 12.3 Å². The second-order valence-electron chi connectivity index (χ2n) is 7.10. The number of rotatable bonds is 1. The van der Waals surface area contributed by atoms with Gasteiger partial charge in [-0.05, 0) is 41.8 Å². The predicted octanol–water partition coefficient (Wildman–Crippen LogP) is 4.83. The van der Waals surface area contributed by atoms with Gasteiger partial charge in [0, 0.05) is 28.8 Å². The third-order valence-electron chi connectivity index (χ3n) is 5.76. The Morgan fingerprint density at radius 2 is 1.85 bits per heavy atom. The van der Waals surface area contributed by atoms with Crippen molar-refractivity contribution in [3.05, 3.63) is 89.5 Å². The summed E-state index contributed by atoms with van der Waals surface area (Å²) in [7, 11) is 0. The highest BCUT2D eigenvalue weighted by Gasteiger charge is 2.41. The second kappa shape index (κ2) is 5.26. The smallest absolute Gasteiger partial charge is 0.141 e. The predicted molar refractivity (Wildman–Crippen MR) is 102 cm³/mol. The number of benzene rings is 2. The van der Waals surface area contributed by atoms with Crippen LogP contribution in [-0.4, -0.2) is 16.4 Å². The molecule has 0 unspecified atom stereocenters. The molecule has 26 heavy (non-hydrogen) atoms. The van der Waals surface area contributed by atoms with Crippen molar-refractivity contribution in [2.75, 3.05) is 11.9 Å². The maximum absolute atomic E-state index is 5.77. The van der Waals surface area contributed by atoms with Crippen LogP contribution in [0.4, 0.5) is 5.69 Å². The van der Waals surface area contributed by atoms with Crippen molar-refractivity contribution in [2.24, 2.45) is 0 Å². The maximum atomic E-state index is 5.77. The number of hydrogen-bond donors (Lipinski definition) is 2. The molecule has 6 rings (SSSR count). The van der Waals surface area contributed by atoms with E-state index in [9.17, 15) is 0 Å². The summed E-state index contributed by atoms with van der Waals surface area (Å²) in [6.45, 7) is 0.992. The second-order valence-corrected chi connectivity index (χ2v) is 7.10. The molecule has 2 atom stereocenters. The lowest BCUT2D eigenvalue weighted by Crippen LogP contribution is -2.45. The zero-order valence-electron chi connectivity index (χ0n) is 14.3. The molecule has 128 valence electrons. The number of para-hydroxylation sites is 2. The van der Waals surface area contributed by atoms with Gasteiger partial charge in [-0.2, -0.15) is 0 Å². The highest BCUT2D eigenvalue weighted by Crippen LogP contribution is 2.47. The molecule has 0 amide bonds. The normalized spacial score (nSPS) is 21.7. The van der Waals surface area contributed by atoms with Crippen molar-refractivity contribution in [1.82, 2.24) is 9.88 Å². The van der Waals surface area contributed by atoms with Gasteiger partial charge in [-0.3, -0.25) is 4.90 Å². The van der Waals surface area contributed by atoms with Crippen LogP contribution in [0.3, 0.4) is 0 Å². The van der Waals surface area contributed by atoms with Crippen molar-refractivity contribution < 1.29 is 4.42 Å². The average molecular weight is 341 g/mol. The highest BCUT2D eigenvalue weighted by molar-refractivity contribution is 5.85. The van der Waals surface area contributed by atoms with Crippen LogP contribution in [0.5, 0.6) is 0 Å². The maximum Gasteiger partial charge on any atom is 0.141 e. The zero-order valence-corrected chi connectivity index (χ0v) is 14.3. The molecule has 2 aliphatic heterocycles. The summed E-state index contributed by atoms with van der Waals surface area (Å²) in [6, 6.07) is 21.5. The van der Waals surface area contributed by atoms with Gasteiger partial charge in [0.25, 0.3) is 0 Å². The minimum Gasteiger partial charge on any atom is -0.466 e. The lowest BCUT2D eigenvalue weighted by atomic mass is 9.89. The van der Waals surface area contributed by atoms with Crippen molar-refractivity contribution in [2.45, 2.75) is 18.6 Å². The van der Waals surface area contributed by atoms with Gasteiger partial charge >= 0.3 is 0 Å². The average Bonchev–Trinajstić information content (AvgIpc) is 3.34. The summed E-state index contributed by atoms with van der Waals surface area (Å²) in [6.07, 6.45) is 2.84. The number of aromatic amines is 1. The van der Waals surface area contributed by atoms with Crippen LogP contribution in [0.25, 0.3) is 10.9 Å². The van der Waals surface area contributed by atoms with Crippen LogP contribution < -0.4 is 5.32 Å². The van der Waals surface area contributed by atoms with E-state index in [2.05, 4.69) is 69.8 Å². The van der Waals surface area contributed by atoms with Crippen molar-refractivity contribution in [3.63, 3.8) is 0 Å². The number of nitrogens with one attached hydrogen (secondary N) is 2. The third-order valence-corrected chi connectivity index (χ3v) is 5.76. The van der Waals surface area contributed by atoms with Gasteiger partial charge in [-0.25, -0.2) is 0 Å². The molecule has 2 aromatic carbocycles. The van der Waals surface area contributed by atoms with Gasteiger partial charge in [0.2, 0.25) is 0 Å². The molecular formula is C22H19N3O. The van der Waals surface area contributed by atoms with E-state index in [1.807, 2.05) is 6.07 Å². The van der Waals surface area contributed by atoms with Crippen molar-refractivity contribution >= 4 is 16.6 Å². The quantitative estimate of drug-likeness (QED) is 0.521. The van der Waals surface area contributed by atoms with E-state index in [0.29, 0.717) is 0 Å². The Labute approximate surface area is 151 Å². The monoisotopic (exact) mass is 341 g/mol. The minimum atomic E-state index is 0.0458. The van der Waals surface area contributed by atoms with Crippen LogP contribution in [0.1, 0.15) is 34.8 Å². The molecule has 2 aromatic heterocycles. The molecule has 0 bridgehead atoms. The Kier molecular flexibility index (Phi) is 2.87. The molecule has 2 N–H and O–H groups in total. The van der Waals surface area contributed by atoms with E-state index < -0.39 is 0 Å². The summed E-state index contributed by atoms with van der Waals surface area (Å²) in [5.74, 6) is 0.962. The fourth-order valence-electron chi connectivity index (χ4n) is 4.65. The van der Waals surface area contributed by atoms with Crippen LogP contribution in [0, 0.1) is 0 Å². The van der Waals surface area contributed by atoms with E-state index in [4.69, 9.17) is 4.42 Å². The van der Waals surface area contributed by atoms with E-state index in [1.165, 1.54) is 33.4 Å². The molecule has 2 aliphatic rings. The van der Waals surface area contributed by atoms with E-state index in [1.54, 1.807) is 6.26 Å². The van der Waals surface area contributed by atoms with Crippen LogP contribution >= 0.6 is 0 Å². The molecule has 0 saturated heterocycles. The molecule has 4 aromatic rings. The lowest BCUT2D eigenvalue weighted by molar-refractivity contribution is 0.135. The highest BCUT2D eigenvalue weighted by atomic mass is 16.3. The Bertz CT molecular complexity index is 1100. The van der Waals surface area contributed by atoms with Crippen molar-refractivity contribution in [1.29, 1.82) is 0 Å². The number of nitrogens with zero attached hydrogens (tertiary/aromatic N) is 1. The number of H-pyrrole nitrogens is 1. The summed E-state index contributed by atoms with van der Waals surface area (Å²) >= 11 is 0. The van der Waals surface area contributed by atoms with Gasteiger partial charge in [0.1, 0.15) is 11.9 Å². The standard InChI is InChI=1S/C22H19N3O/c1-3-8-17-14(6-1)15-11-12-25-21(20(15)23-17)16-7-2-4-9-18(16)24-22(25)19-10-5-13-26-19/h1-10,13,21-24H,11-12H2/t21-,22+/m1/s1. The van der Waals surface area contributed by atoms with Crippen LogP contribution in [0.2, 0.25) is 0 Å². The first-order valence-electron chi connectivity index (χ1n) is 9.14. The number of aromatic nitrogens is 1. The molecule has 4 heteroatoms. The fraction of sp³-hybridized carbons (Fsp3) is 0.182. The summed E-state index contributed by atoms with van der Waals surface area (Å²) < 4.78 is 5.77. The summed E-state index contributed by atoms with van der Waals surface area (Å²) in [5, 5.41) is 5.04. The summed E-state index contributed by atoms with van der Waals surface area (Å²) in [4.78, 5) is 6.23. The first-order chi connectivity index (χ1) is 12.9. The molecular weight excluding hydrogens is 322 g/mol. The fourth-order valence-corrected chi connectivity index (χ4v) is 4.65. The number of fused-ring (bicyclic) bond motifs is 7. The lowest BCUT2D eigenvalue weighted by Gasteiger charge is -2.45. The molecule has 4 nitrogen and oxygen atoms in total. The summed E-state index contributed by atoms with van der Waals surface area (Å²) in [5.41, 5.74) is 6.51. The molecule has 0 saturated carbocycles. The first kappa shape index (κ1) is 14.2. The van der Waals surface area contributed by atoms with Crippen LogP contribution in [-0.2, 0) is 6.42 Å². The van der Waals surface area contributed by atoms with Gasteiger partial charge < -0.3 is 14.7 Å². The number of hydrogen-bond acceptors (Lipinski definition) is 3. The number of anilines is 1. The molecule has 0 aliphatic carbocycles. The topological polar surface area (TPSA) is 44.2 Å². The SMILES string of the molecule is c1coc([C@H]2Nc3ccccc3[C@@H]3c4[nH]c5ccccc5c4CCN32)c1. The largest absolute Gasteiger partial charge is 0.466 e. The van der Waals surface area contributed by atoms with E-state index in [-0.39, 0.29) is 12.2 Å². The molecule has 0 radical (unpaired) electrons. The van der Waals surface area contributed by atoms with Crippen molar-refractivity contribution in [3.8, 4) is 0 Å². The Morgan fingerprint density at radius 3 is 2.77 bits per heavy atom. The van der Waals surface area contributed by atoms with E-state index in [0.717, 1.165) is 18.7 Å². The minimum absolute atomic E-state index is 0.0458. The van der Waals surface area contributed by atoms with Gasteiger partial charge in [0.15, 0.2) is 0 Å². The Morgan fingerprint density at radius 1 is 0.962 bits per heavy atom.